The van der Waals surface area contributed by atoms with E-state index < -0.39 is 0 Å². The Bertz CT molecular complexity index is 828. The van der Waals surface area contributed by atoms with E-state index in [2.05, 4.69) is 28.4 Å². The number of fused-ring (bicyclic) bond motifs is 1. The van der Waals surface area contributed by atoms with Gasteiger partial charge in [-0.1, -0.05) is 24.3 Å². The summed E-state index contributed by atoms with van der Waals surface area (Å²) in [5, 5.41) is 3.49. The molecule has 1 N–H and O–H groups in total. The van der Waals surface area contributed by atoms with Crippen molar-refractivity contribution in [1.82, 2.24) is 9.80 Å². The molecule has 4 nitrogen and oxygen atoms in total. The highest BCUT2D eigenvalue weighted by Crippen LogP contribution is 2.27. The van der Waals surface area contributed by atoms with Crippen LogP contribution in [-0.4, -0.2) is 48.4 Å². The van der Waals surface area contributed by atoms with E-state index in [9.17, 15) is 9.18 Å². The van der Waals surface area contributed by atoms with Crippen molar-refractivity contribution in [3.8, 4) is 0 Å². The molecule has 0 saturated carbocycles. The average Bonchev–Trinajstić information content (AvgIpc) is 3.14. The fourth-order valence-electron chi connectivity index (χ4n) is 3.80. The van der Waals surface area contributed by atoms with E-state index in [1.54, 1.807) is 19.1 Å². The Morgan fingerprint density at radius 1 is 1.15 bits per heavy atom. The molecule has 26 heavy (non-hydrogen) atoms. The Balaban J connectivity index is 1.38. The van der Waals surface area contributed by atoms with Gasteiger partial charge in [0.05, 0.1) is 0 Å². The van der Waals surface area contributed by atoms with Crippen LogP contribution in [0.5, 0.6) is 0 Å². The summed E-state index contributed by atoms with van der Waals surface area (Å²) < 4.78 is 13.7. The number of para-hydroxylation sites is 1. The maximum Gasteiger partial charge on any atom is 0.254 e. The molecule has 2 aliphatic rings. The first-order valence-corrected chi connectivity index (χ1v) is 9.24. The molecular weight excluding hydrogens is 329 g/mol. The summed E-state index contributed by atoms with van der Waals surface area (Å²) in [6.45, 7) is 6.65. The first kappa shape index (κ1) is 17.0. The molecule has 0 aliphatic carbocycles. The number of carbonyl (C=O) groups is 1. The summed E-state index contributed by atoms with van der Waals surface area (Å²) >= 11 is 0. The number of piperazine rings is 1. The van der Waals surface area contributed by atoms with Crippen LogP contribution < -0.4 is 5.32 Å². The van der Waals surface area contributed by atoms with Crippen LogP contribution in [0.15, 0.2) is 36.4 Å². The topological polar surface area (TPSA) is 35.6 Å². The molecule has 0 bridgehead atoms. The number of hydrogen-bond donors (Lipinski definition) is 1. The molecule has 5 heteroatoms. The first-order valence-electron chi connectivity index (χ1n) is 9.24. The molecule has 2 aromatic rings. The zero-order valence-electron chi connectivity index (χ0n) is 15.1. The highest BCUT2D eigenvalue weighted by atomic mass is 19.1. The molecule has 136 valence electrons. The van der Waals surface area contributed by atoms with E-state index in [0.29, 0.717) is 24.2 Å². The maximum atomic E-state index is 13.7. The van der Waals surface area contributed by atoms with Crippen molar-refractivity contribution < 1.29 is 9.18 Å². The number of carbonyl (C=O) groups excluding carboxylic acids is 1. The van der Waals surface area contributed by atoms with Crippen molar-refractivity contribution in [3.05, 3.63) is 64.5 Å². The summed E-state index contributed by atoms with van der Waals surface area (Å²) in [5.41, 5.74) is 5.03. The third-order valence-corrected chi connectivity index (χ3v) is 5.41. The van der Waals surface area contributed by atoms with Crippen LogP contribution in [0.3, 0.4) is 0 Å². The summed E-state index contributed by atoms with van der Waals surface area (Å²) in [6.07, 6.45) is 1.10. The number of benzene rings is 2. The number of hydrogen-bond acceptors (Lipinski definition) is 3. The molecule has 0 atom stereocenters. The minimum Gasteiger partial charge on any atom is -0.384 e. The zero-order valence-corrected chi connectivity index (χ0v) is 15.1. The molecule has 2 aliphatic heterocycles. The number of amides is 1. The van der Waals surface area contributed by atoms with Crippen LogP contribution in [0, 0.1) is 12.7 Å². The quantitative estimate of drug-likeness (QED) is 0.921. The Morgan fingerprint density at radius 2 is 1.96 bits per heavy atom. The van der Waals surface area contributed by atoms with Gasteiger partial charge in [0.15, 0.2) is 0 Å². The zero-order chi connectivity index (χ0) is 18.1. The molecule has 4 rings (SSSR count). The molecule has 1 fully saturated rings. The molecule has 2 heterocycles. The van der Waals surface area contributed by atoms with Gasteiger partial charge in [-0.2, -0.15) is 0 Å². The van der Waals surface area contributed by atoms with Gasteiger partial charge in [0.25, 0.3) is 5.91 Å². The fraction of sp³-hybridized carbons (Fsp3) is 0.381. The summed E-state index contributed by atoms with van der Waals surface area (Å²) in [5.74, 6) is -0.397. The van der Waals surface area contributed by atoms with Crippen LogP contribution in [0.4, 0.5) is 10.1 Å². The van der Waals surface area contributed by atoms with Crippen molar-refractivity contribution in [3.63, 3.8) is 0 Å². The second kappa shape index (κ2) is 7.08. The van der Waals surface area contributed by atoms with Gasteiger partial charge in [-0.3, -0.25) is 9.69 Å². The number of aryl methyl sites for hydroxylation is 1. The fourth-order valence-corrected chi connectivity index (χ4v) is 3.80. The molecule has 1 amide bonds. The predicted octanol–water partition coefficient (Wildman–Crippen LogP) is 3.06. The number of rotatable bonds is 3. The van der Waals surface area contributed by atoms with Gasteiger partial charge in [0.1, 0.15) is 5.82 Å². The third kappa shape index (κ3) is 3.31. The van der Waals surface area contributed by atoms with E-state index in [-0.39, 0.29) is 11.7 Å². The van der Waals surface area contributed by atoms with Crippen LogP contribution in [-0.2, 0) is 13.0 Å². The lowest BCUT2D eigenvalue weighted by molar-refractivity contribution is 0.0628. The van der Waals surface area contributed by atoms with E-state index >= 15 is 0 Å². The number of halogens is 1. The van der Waals surface area contributed by atoms with E-state index in [1.165, 1.54) is 22.9 Å². The monoisotopic (exact) mass is 353 g/mol. The molecule has 0 unspecified atom stereocenters. The van der Waals surface area contributed by atoms with Crippen molar-refractivity contribution in [1.29, 1.82) is 0 Å². The minimum absolute atomic E-state index is 0.0779. The smallest absolute Gasteiger partial charge is 0.254 e. The molecule has 1 saturated heterocycles. The molecular formula is C21H24FN3O. The van der Waals surface area contributed by atoms with Crippen LogP contribution in [0.25, 0.3) is 0 Å². The van der Waals surface area contributed by atoms with E-state index in [4.69, 9.17) is 0 Å². The summed E-state index contributed by atoms with van der Waals surface area (Å²) in [4.78, 5) is 16.8. The lowest BCUT2D eigenvalue weighted by Gasteiger charge is -2.35. The van der Waals surface area contributed by atoms with Gasteiger partial charge >= 0.3 is 0 Å². The lowest BCUT2D eigenvalue weighted by Crippen LogP contribution is -2.48. The Hall–Kier alpha value is -2.40. The maximum absolute atomic E-state index is 13.7. The van der Waals surface area contributed by atoms with Crippen LogP contribution in [0.2, 0.25) is 0 Å². The Morgan fingerprint density at radius 3 is 2.73 bits per heavy atom. The highest BCUT2D eigenvalue weighted by molar-refractivity contribution is 5.94. The number of nitrogens with zero attached hydrogens (tertiary/aromatic N) is 2. The average molecular weight is 353 g/mol. The van der Waals surface area contributed by atoms with Gasteiger partial charge in [0, 0.05) is 50.5 Å². The van der Waals surface area contributed by atoms with Crippen LogP contribution in [0.1, 0.15) is 27.0 Å². The Kier molecular flexibility index (Phi) is 4.64. The third-order valence-electron chi connectivity index (χ3n) is 5.41. The van der Waals surface area contributed by atoms with Crippen LogP contribution >= 0.6 is 0 Å². The molecule has 2 aromatic carbocycles. The molecule has 0 aromatic heterocycles. The van der Waals surface area contributed by atoms with Gasteiger partial charge in [-0.05, 0) is 42.2 Å². The van der Waals surface area contributed by atoms with Crippen molar-refractivity contribution in [2.45, 2.75) is 19.9 Å². The van der Waals surface area contributed by atoms with Crippen molar-refractivity contribution in [2.75, 3.05) is 38.0 Å². The molecule has 0 radical (unpaired) electrons. The normalized spacial score (nSPS) is 17.1. The number of nitrogens with one attached hydrogen (secondary N) is 1. The Labute approximate surface area is 153 Å². The molecule has 0 spiro atoms. The number of anilines is 1. The van der Waals surface area contributed by atoms with Gasteiger partial charge in [-0.15, -0.1) is 0 Å². The largest absolute Gasteiger partial charge is 0.384 e. The van der Waals surface area contributed by atoms with Gasteiger partial charge in [0.2, 0.25) is 0 Å². The summed E-state index contributed by atoms with van der Waals surface area (Å²) in [7, 11) is 0. The van der Waals surface area contributed by atoms with E-state index in [1.807, 2.05) is 4.90 Å². The minimum atomic E-state index is -0.320. The highest BCUT2D eigenvalue weighted by Gasteiger charge is 2.24. The van der Waals surface area contributed by atoms with Gasteiger partial charge < -0.3 is 10.2 Å². The standard InChI is InChI=1S/C21H24FN3O/c1-15-5-6-17(13-19(15)22)21(26)25-11-9-24(10-12-25)14-18-4-2-3-16-7-8-23-20(16)18/h2-6,13,23H,7-12,14H2,1H3. The predicted molar refractivity (Wildman–Crippen MR) is 101 cm³/mol. The summed E-state index contributed by atoms with van der Waals surface area (Å²) in [6, 6.07) is 11.2. The SMILES string of the molecule is Cc1ccc(C(=O)N2CCN(Cc3cccc4c3NCC4)CC2)cc1F. The van der Waals surface area contributed by atoms with Gasteiger partial charge in [-0.25, -0.2) is 4.39 Å². The second-order valence-corrected chi connectivity index (χ2v) is 7.16. The van der Waals surface area contributed by atoms with E-state index in [0.717, 1.165) is 32.6 Å². The lowest BCUT2D eigenvalue weighted by atomic mass is 10.1. The second-order valence-electron chi connectivity index (χ2n) is 7.16. The first-order chi connectivity index (χ1) is 12.6. The van der Waals surface area contributed by atoms with Crippen molar-refractivity contribution >= 4 is 11.6 Å². The van der Waals surface area contributed by atoms with Crippen molar-refractivity contribution in [2.24, 2.45) is 0 Å².